The Hall–Kier alpha value is -1.56. The van der Waals surface area contributed by atoms with E-state index in [1.807, 2.05) is 6.07 Å². The van der Waals surface area contributed by atoms with Gasteiger partial charge in [-0.2, -0.15) is 0 Å². The molecule has 1 aromatic heterocycles. The van der Waals surface area contributed by atoms with Crippen molar-refractivity contribution in [3.05, 3.63) is 17.5 Å². The summed E-state index contributed by atoms with van der Waals surface area (Å²) in [4.78, 5) is 8.64. The van der Waals surface area contributed by atoms with Crippen molar-refractivity contribution in [3.63, 3.8) is 0 Å². The number of aromatic nitrogens is 2. The largest absolute Gasteiger partial charge is 0.343 e. The molecule has 0 atom stereocenters. The van der Waals surface area contributed by atoms with E-state index in [-0.39, 0.29) is 0 Å². The van der Waals surface area contributed by atoms with E-state index in [2.05, 4.69) is 35.1 Å². The van der Waals surface area contributed by atoms with Crippen LogP contribution in [0, 0.1) is 12.3 Å². The van der Waals surface area contributed by atoms with Crippen molar-refractivity contribution in [2.45, 2.75) is 26.7 Å². The molecule has 0 aliphatic carbocycles. The first-order valence-corrected chi connectivity index (χ1v) is 4.84. The Bertz CT molecular complexity index is 317. The van der Waals surface area contributed by atoms with Crippen molar-refractivity contribution in [2.24, 2.45) is 0 Å². The standard InChI is InChI=1S/C11H15N3/c1-4-7-12-11-13-9(5-2)8-10(6-3)14-11/h1,8H,5-7H2,2-3H3,(H,12,13,14). The zero-order chi connectivity index (χ0) is 10.4. The molecule has 0 bridgehead atoms. The van der Waals surface area contributed by atoms with Gasteiger partial charge in [-0.1, -0.05) is 19.8 Å². The van der Waals surface area contributed by atoms with E-state index in [1.54, 1.807) is 0 Å². The Balaban J connectivity index is 2.87. The van der Waals surface area contributed by atoms with Gasteiger partial charge in [-0.15, -0.1) is 6.42 Å². The fourth-order valence-electron chi connectivity index (χ4n) is 1.13. The van der Waals surface area contributed by atoms with Gasteiger partial charge < -0.3 is 5.32 Å². The Morgan fingerprint density at radius 3 is 2.29 bits per heavy atom. The molecular formula is C11H15N3. The zero-order valence-electron chi connectivity index (χ0n) is 8.67. The van der Waals surface area contributed by atoms with E-state index in [0.717, 1.165) is 24.2 Å². The van der Waals surface area contributed by atoms with Gasteiger partial charge in [0, 0.05) is 11.4 Å². The number of rotatable bonds is 4. The Labute approximate surface area is 85.0 Å². The molecule has 0 unspecified atom stereocenters. The van der Waals surface area contributed by atoms with Crippen LogP contribution in [0.1, 0.15) is 25.2 Å². The van der Waals surface area contributed by atoms with Crippen molar-refractivity contribution < 1.29 is 0 Å². The van der Waals surface area contributed by atoms with Crippen molar-refractivity contribution in [1.29, 1.82) is 0 Å². The predicted molar refractivity (Wildman–Crippen MR) is 58.1 cm³/mol. The first-order valence-electron chi connectivity index (χ1n) is 4.84. The highest BCUT2D eigenvalue weighted by molar-refractivity contribution is 5.30. The van der Waals surface area contributed by atoms with Gasteiger partial charge >= 0.3 is 0 Å². The minimum atomic E-state index is 0.469. The Kier molecular flexibility index (Phi) is 3.93. The molecule has 0 aromatic carbocycles. The smallest absolute Gasteiger partial charge is 0.223 e. The van der Waals surface area contributed by atoms with Gasteiger partial charge in [0.1, 0.15) is 0 Å². The van der Waals surface area contributed by atoms with E-state index in [4.69, 9.17) is 6.42 Å². The number of hydrogen-bond donors (Lipinski definition) is 1. The van der Waals surface area contributed by atoms with Crippen LogP contribution in [0.4, 0.5) is 5.95 Å². The minimum Gasteiger partial charge on any atom is -0.343 e. The number of aryl methyl sites for hydroxylation is 2. The van der Waals surface area contributed by atoms with E-state index in [0.29, 0.717) is 12.5 Å². The second-order valence-corrected chi connectivity index (χ2v) is 2.94. The summed E-state index contributed by atoms with van der Waals surface area (Å²) in [6.07, 6.45) is 6.98. The molecule has 0 radical (unpaired) electrons. The fourth-order valence-corrected chi connectivity index (χ4v) is 1.13. The monoisotopic (exact) mass is 189 g/mol. The van der Waals surface area contributed by atoms with Gasteiger partial charge in [-0.25, -0.2) is 9.97 Å². The minimum absolute atomic E-state index is 0.469. The second-order valence-electron chi connectivity index (χ2n) is 2.94. The molecule has 1 heterocycles. The molecular weight excluding hydrogens is 174 g/mol. The van der Waals surface area contributed by atoms with E-state index >= 15 is 0 Å². The molecule has 1 N–H and O–H groups in total. The van der Waals surface area contributed by atoms with Crippen LogP contribution in [0.5, 0.6) is 0 Å². The normalized spacial score (nSPS) is 9.50. The molecule has 0 spiro atoms. The number of terminal acetylenes is 1. The average Bonchev–Trinajstić information content (AvgIpc) is 2.25. The van der Waals surface area contributed by atoms with Crippen LogP contribution >= 0.6 is 0 Å². The van der Waals surface area contributed by atoms with E-state index in [1.165, 1.54) is 0 Å². The SMILES string of the molecule is C#CCNc1nc(CC)cc(CC)n1. The van der Waals surface area contributed by atoms with Crippen molar-refractivity contribution in [1.82, 2.24) is 9.97 Å². The summed E-state index contributed by atoms with van der Waals surface area (Å²) >= 11 is 0. The molecule has 0 aliphatic rings. The molecule has 3 nitrogen and oxygen atoms in total. The lowest BCUT2D eigenvalue weighted by Gasteiger charge is -2.05. The molecule has 1 rings (SSSR count). The lowest BCUT2D eigenvalue weighted by Crippen LogP contribution is -2.06. The lowest BCUT2D eigenvalue weighted by atomic mass is 10.2. The predicted octanol–water partition coefficient (Wildman–Crippen LogP) is 1.65. The maximum Gasteiger partial charge on any atom is 0.223 e. The van der Waals surface area contributed by atoms with E-state index < -0.39 is 0 Å². The van der Waals surface area contributed by atoms with Crippen molar-refractivity contribution >= 4 is 5.95 Å². The van der Waals surface area contributed by atoms with Crippen LogP contribution in [0.3, 0.4) is 0 Å². The Morgan fingerprint density at radius 1 is 1.29 bits per heavy atom. The topological polar surface area (TPSA) is 37.8 Å². The zero-order valence-corrected chi connectivity index (χ0v) is 8.67. The molecule has 14 heavy (non-hydrogen) atoms. The van der Waals surface area contributed by atoms with Crippen LogP contribution < -0.4 is 5.32 Å². The molecule has 1 aromatic rings. The summed E-state index contributed by atoms with van der Waals surface area (Å²) in [5, 5.41) is 2.99. The fraction of sp³-hybridized carbons (Fsp3) is 0.455. The highest BCUT2D eigenvalue weighted by Gasteiger charge is 2.00. The summed E-state index contributed by atoms with van der Waals surface area (Å²) < 4.78 is 0. The van der Waals surface area contributed by atoms with Gasteiger partial charge in [0.15, 0.2) is 0 Å². The van der Waals surface area contributed by atoms with Crippen LogP contribution in [0.2, 0.25) is 0 Å². The summed E-state index contributed by atoms with van der Waals surface area (Å²) in [6, 6.07) is 2.03. The third-order valence-corrected chi connectivity index (χ3v) is 1.91. The molecule has 74 valence electrons. The van der Waals surface area contributed by atoms with Gasteiger partial charge in [0.25, 0.3) is 0 Å². The average molecular weight is 189 g/mol. The summed E-state index contributed by atoms with van der Waals surface area (Å²) in [5.74, 6) is 3.14. The van der Waals surface area contributed by atoms with Crippen LogP contribution in [-0.4, -0.2) is 16.5 Å². The lowest BCUT2D eigenvalue weighted by molar-refractivity contribution is 0.935. The maximum atomic E-state index is 5.15. The van der Waals surface area contributed by atoms with Crippen LogP contribution in [-0.2, 0) is 12.8 Å². The number of anilines is 1. The molecule has 3 heteroatoms. The van der Waals surface area contributed by atoms with Gasteiger partial charge in [0.05, 0.1) is 6.54 Å². The molecule has 0 fully saturated rings. The highest BCUT2D eigenvalue weighted by Crippen LogP contribution is 2.06. The van der Waals surface area contributed by atoms with Crippen LogP contribution in [0.25, 0.3) is 0 Å². The molecule has 0 amide bonds. The second kappa shape index (κ2) is 5.23. The van der Waals surface area contributed by atoms with Crippen molar-refractivity contribution in [3.8, 4) is 12.3 Å². The molecule has 0 aliphatic heterocycles. The first-order chi connectivity index (χ1) is 6.80. The van der Waals surface area contributed by atoms with Gasteiger partial charge in [0.2, 0.25) is 5.95 Å². The van der Waals surface area contributed by atoms with Crippen molar-refractivity contribution in [2.75, 3.05) is 11.9 Å². The summed E-state index contributed by atoms with van der Waals surface area (Å²) in [5.41, 5.74) is 2.10. The molecule has 0 saturated carbocycles. The van der Waals surface area contributed by atoms with Crippen LogP contribution in [0.15, 0.2) is 6.07 Å². The first kappa shape index (κ1) is 10.5. The third-order valence-electron chi connectivity index (χ3n) is 1.91. The van der Waals surface area contributed by atoms with Gasteiger partial charge in [-0.05, 0) is 18.9 Å². The summed E-state index contributed by atoms with van der Waals surface area (Å²) in [6.45, 7) is 4.62. The van der Waals surface area contributed by atoms with E-state index in [9.17, 15) is 0 Å². The Morgan fingerprint density at radius 2 is 1.86 bits per heavy atom. The maximum absolute atomic E-state index is 5.15. The number of hydrogen-bond acceptors (Lipinski definition) is 3. The highest BCUT2D eigenvalue weighted by atomic mass is 15.1. The summed E-state index contributed by atoms with van der Waals surface area (Å²) in [7, 11) is 0. The molecule has 0 saturated heterocycles. The number of nitrogens with one attached hydrogen (secondary N) is 1. The number of nitrogens with zero attached hydrogens (tertiary/aromatic N) is 2. The third kappa shape index (κ3) is 2.74. The quantitative estimate of drug-likeness (QED) is 0.732. The van der Waals surface area contributed by atoms with Gasteiger partial charge in [-0.3, -0.25) is 0 Å².